The zero-order valence-corrected chi connectivity index (χ0v) is 10.3. The van der Waals surface area contributed by atoms with Gasteiger partial charge in [0, 0.05) is 17.7 Å². The quantitative estimate of drug-likeness (QED) is 0.765. The summed E-state index contributed by atoms with van der Waals surface area (Å²) in [7, 11) is 0. The van der Waals surface area contributed by atoms with Gasteiger partial charge in [-0.15, -0.1) is 0 Å². The highest BCUT2D eigenvalue weighted by Gasteiger charge is 2.22. The predicted molar refractivity (Wildman–Crippen MR) is 68.7 cm³/mol. The molecule has 1 aliphatic carbocycles. The first kappa shape index (κ1) is 12.3. The minimum absolute atomic E-state index is 0.120. The van der Waals surface area contributed by atoms with Crippen molar-refractivity contribution in [2.75, 3.05) is 0 Å². The summed E-state index contributed by atoms with van der Waals surface area (Å²) in [5, 5.41) is 0. The highest BCUT2D eigenvalue weighted by molar-refractivity contribution is 6.34. The molecule has 0 saturated heterocycles. The van der Waals surface area contributed by atoms with Crippen molar-refractivity contribution in [3.63, 3.8) is 0 Å². The number of ether oxygens (including phenoxy) is 1. The van der Waals surface area contributed by atoms with Gasteiger partial charge in [0.15, 0.2) is 11.5 Å². The van der Waals surface area contributed by atoms with Gasteiger partial charge in [0.25, 0.3) is 0 Å². The molecule has 0 atom stereocenters. The van der Waals surface area contributed by atoms with E-state index in [0.717, 1.165) is 5.56 Å². The van der Waals surface area contributed by atoms with Crippen LogP contribution in [-0.2, 0) is 14.3 Å². The standard InChI is InChI=1S/C15H14O3/c1-10(2)18-15-9-13(16)12(8-14(15)17)11-6-4-3-5-7-11/h3-10H,1-2H3. The van der Waals surface area contributed by atoms with Gasteiger partial charge >= 0.3 is 0 Å². The zero-order valence-electron chi connectivity index (χ0n) is 10.3. The maximum absolute atomic E-state index is 12.0. The highest BCUT2D eigenvalue weighted by Crippen LogP contribution is 2.22. The summed E-state index contributed by atoms with van der Waals surface area (Å²) in [5.41, 5.74) is 1.16. The number of hydrogen-bond donors (Lipinski definition) is 0. The molecule has 0 unspecified atom stereocenters. The van der Waals surface area contributed by atoms with Crippen molar-refractivity contribution in [2.24, 2.45) is 0 Å². The number of allylic oxidation sites excluding steroid dienone is 3. The molecule has 1 aliphatic rings. The van der Waals surface area contributed by atoms with Gasteiger partial charge in [0.2, 0.25) is 5.78 Å². The molecule has 1 aromatic rings. The van der Waals surface area contributed by atoms with Crippen LogP contribution in [0.5, 0.6) is 0 Å². The number of carbonyl (C=O) groups is 2. The van der Waals surface area contributed by atoms with Crippen LogP contribution < -0.4 is 0 Å². The van der Waals surface area contributed by atoms with E-state index in [1.54, 1.807) is 12.1 Å². The lowest BCUT2D eigenvalue weighted by atomic mass is 9.95. The van der Waals surface area contributed by atoms with E-state index in [2.05, 4.69) is 0 Å². The Kier molecular flexibility index (Phi) is 3.42. The van der Waals surface area contributed by atoms with Crippen molar-refractivity contribution in [2.45, 2.75) is 20.0 Å². The van der Waals surface area contributed by atoms with Crippen LogP contribution in [0, 0.1) is 0 Å². The molecule has 0 bridgehead atoms. The van der Waals surface area contributed by atoms with Gasteiger partial charge in [-0.2, -0.15) is 0 Å². The van der Waals surface area contributed by atoms with Gasteiger partial charge in [0.1, 0.15) is 0 Å². The van der Waals surface area contributed by atoms with Gasteiger partial charge in [-0.3, -0.25) is 9.59 Å². The smallest absolute Gasteiger partial charge is 0.221 e. The number of hydrogen-bond acceptors (Lipinski definition) is 3. The second kappa shape index (κ2) is 5.00. The van der Waals surface area contributed by atoms with E-state index < -0.39 is 0 Å². The summed E-state index contributed by atoms with van der Waals surface area (Å²) >= 11 is 0. The van der Waals surface area contributed by atoms with Gasteiger partial charge < -0.3 is 4.74 Å². The minimum Gasteiger partial charge on any atom is -0.487 e. The third kappa shape index (κ3) is 2.56. The monoisotopic (exact) mass is 242 g/mol. The van der Waals surface area contributed by atoms with Gasteiger partial charge in [-0.05, 0) is 19.4 Å². The summed E-state index contributed by atoms with van der Waals surface area (Å²) in [6.45, 7) is 3.63. The molecular formula is C15H14O3. The molecule has 0 aliphatic heterocycles. The number of rotatable bonds is 3. The second-order valence-corrected chi connectivity index (χ2v) is 4.33. The zero-order chi connectivity index (χ0) is 13.1. The fraction of sp³-hybridized carbons (Fsp3) is 0.200. The van der Waals surface area contributed by atoms with E-state index in [0.29, 0.717) is 5.57 Å². The molecule has 0 amide bonds. The highest BCUT2D eigenvalue weighted by atomic mass is 16.5. The third-order valence-electron chi connectivity index (χ3n) is 2.49. The van der Waals surface area contributed by atoms with E-state index >= 15 is 0 Å². The van der Waals surface area contributed by atoms with E-state index in [-0.39, 0.29) is 23.4 Å². The van der Waals surface area contributed by atoms with Crippen LogP contribution in [0.2, 0.25) is 0 Å². The Morgan fingerprint density at radius 2 is 1.61 bits per heavy atom. The molecule has 2 rings (SSSR count). The number of ketones is 2. The van der Waals surface area contributed by atoms with Crippen LogP contribution in [-0.4, -0.2) is 17.7 Å². The van der Waals surface area contributed by atoms with Crippen LogP contribution in [0.4, 0.5) is 0 Å². The Morgan fingerprint density at radius 1 is 0.944 bits per heavy atom. The summed E-state index contributed by atoms with van der Waals surface area (Å²) in [4.78, 5) is 23.8. The lowest BCUT2D eigenvalue weighted by Gasteiger charge is -2.15. The Labute approximate surface area is 106 Å². The van der Waals surface area contributed by atoms with Crippen LogP contribution in [0.1, 0.15) is 19.4 Å². The van der Waals surface area contributed by atoms with Gasteiger partial charge in [-0.1, -0.05) is 30.3 Å². The first-order valence-electron chi connectivity index (χ1n) is 5.82. The third-order valence-corrected chi connectivity index (χ3v) is 2.49. The molecule has 0 aromatic heterocycles. The lowest BCUT2D eigenvalue weighted by molar-refractivity contribution is -0.117. The molecule has 0 radical (unpaired) electrons. The van der Waals surface area contributed by atoms with Gasteiger partial charge in [0.05, 0.1) is 6.10 Å². The van der Waals surface area contributed by atoms with Crippen molar-refractivity contribution in [3.05, 3.63) is 53.8 Å². The molecular weight excluding hydrogens is 228 g/mol. The maximum Gasteiger partial charge on any atom is 0.221 e. The Morgan fingerprint density at radius 3 is 2.22 bits per heavy atom. The molecule has 0 N–H and O–H groups in total. The van der Waals surface area contributed by atoms with E-state index in [9.17, 15) is 9.59 Å². The number of carbonyl (C=O) groups excluding carboxylic acids is 2. The minimum atomic E-state index is -0.262. The van der Waals surface area contributed by atoms with Crippen molar-refractivity contribution in [1.29, 1.82) is 0 Å². The molecule has 0 fully saturated rings. The molecule has 3 nitrogen and oxygen atoms in total. The van der Waals surface area contributed by atoms with Gasteiger partial charge in [-0.25, -0.2) is 0 Å². The Bertz CT molecular complexity index is 536. The largest absolute Gasteiger partial charge is 0.487 e. The molecule has 0 saturated carbocycles. The van der Waals surface area contributed by atoms with E-state index in [4.69, 9.17) is 4.74 Å². The Hall–Kier alpha value is -2.16. The van der Waals surface area contributed by atoms with Crippen molar-refractivity contribution >= 4 is 17.1 Å². The molecule has 0 spiro atoms. The summed E-state index contributed by atoms with van der Waals surface area (Å²) in [6, 6.07) is 9.14. The fourth-order valence-corrected chi connectivity index (χ4v) is 1.73. The molecule has 0 heterocycles. The average molecular weight is 242 g/mol. The summed E-state index contributed by atoms with van der Waals surface area (Å²) in [6.07, 6.45) is 2.49. The van der Waals surface area contributed by atoms with Crippen LogP contribution >= 0.6 is 0 Å². The van der Waals surface area contributed by atoms with Crippen molar-refractivity contribution in [1.82, 2.24) is 0 Å². The fourth-order valence-electron chi connectivity index (χ4n) is 1.73. The van der Waals surface area contributed by atoms with E-state index in [1.165, 1.54) is 12.2 Å². The van der Waals surface area contributed by atoms with Crippen molar-refractivity contribution < 1.29 is 14.3 Å². The second-order valence-electron chi connectivity index (χ2n) is 4.33. The maximum atomic E-state index is 12.0. The first-order valence-corrected chi connectivity index (χ1v) is 5.82. The Balaban J connectivity index is 2.29. The SMILES string of the molecule is CC(C)OC1=CC(=O)C(c2ccccc2)=CC1=O. The predicted octanol–water partition coefficient (Wildman–Crippen LogP) is 2.53. The first-order chi connectivity index (χ1) is 8.58. The van der Waals surface area contributed by atoms with Crippen LogP contribution in [0.25, 0.3) is 5.57 Å². The van der Waals surface area contributed by atoms with Crippen molar-refractivity contribution in [3.8, 4) is 0 Å². The summed E-state index contributed by atoms with van der Waals surface area (Å²) < 4.78 is 5.30. The van der Waals surface area contributed by atoms with Crippen LogP contribution in [0.3, 0.4) is 0 Å². The number of benzene rings is 1. The van der Waals surface area contributed by atoms with E-state index in [1.807, 2.05) is 32.0 Å². The topological polar surface area (TPSA) is 43.4 Å². The molecule has 1 aromatic carbocycles. The lowest BCUT2D eigenvalue weighted by Crippen LogP contribution is -2.17. The molecule has 92 valence electrons. The molecule has 18 heavy (non-hydrogen) atoms. The normalized spacial score (nSPS) is 15.5. The van der Waals surface area contributed by atoms with Crippen LogP contribution in [0.15, 0.2) is 48.2 Å². The summed E-state index contributed by atoms with van der Waals surface area (Å²) in [5.74, 6) is -0.340. The molecule has 3 heteroatoms. The average Bonchev–Trinajstić information content (AvgIpc) is 2.34.